The van der Waals surface area contributed by atoms with Gasteiger partial charge < -0.3 is 9.42 Å². The van der Waals surface area contributed by atoms with Crippen molar-refractivity contribution in [3.05, 3.63) is 17.5 Å². The molecule has 0 spiro atoms. The number of likely N-dealkylation sites (tertiary alicyclic amines) is 1. The standard InChI is InChI=1S/C13H15N3O4S/c1-8-6-10(14-20-8)12(18)15-4-2-9(3-5-15)16-11(17)7-21-13(16)19/h6,9H,2-5,7H2,1H3. The normalized spacial score (nSPS) is 20.4. The Morgan fingerprint density at radius 2 is 2.10 bits per heavy atom. The summed E-state index contributed by atoms with van der Waals surface area (Å²) in [6, 6.07) is 1.52. The minimum Gasteiger partial charge on any atom is -0.361 e. The summed E-state index contributed by atoms with van der Waals surface area (Å²) in [4.78, 5) is 38.7. The summed E-state index contributed by atoms with van der Waals surface area (Å²) in [6.07, 6.45) is 1.22. The van der Waals surface area contributed by atoms with E-state index < -0.39 is 0 Å². The molecule has 0 radical (unpaired) electrons. The van der Waals surface area contributed by atoms with Gasteiger partial charge in [0.1, 0.15) is 5.76 Å². The van der Waals surface area contributed by atoms with Crippen LogP contribution in [0, 0.1) is 6.92 Å². The number of aryl methyl sites for hydroxylation is 1. The SMILES string of the molecule is Cc1cc(C(=O)N2CCC(N3C(=O)CSC3=O)CC2)no1. The van der Waals surface area contributed by atoms with Crippen LogP contribution in [0.2, 0.25) is 0 Å². The van der Waals surface area contributed by atoms with Crippen LogP contribution in [0.5, 0.6) is 0 Å². The maximum atomic E-state index is 12.2. The Kier molecular flexibility index (Phi) is 3.71. The molecule has 3 amide bonds. The lowest BCUT2D eigenvalue weighted by Gasteiger charge is -2.35. The minimum atomic E-state index is -0.170. The molecule has 0 N–H and O–H groups in total. The van der Waals surface area contributed by atoms with E-state index in [1.54, 1.807) is 17.9 Å². The third kappa shape index (κ3) is 2.67. The highest BCUT2D eigenvalue weighted by Crippen LogP contribution is 2.27. The fourth-order valence-corrected chi connectivity index (χ4v) is 3.45. The smallest absolute Gasteiger partial charge is 0.289 e. The molecule has 2 aliphatic rings. The lowest BCUT2D eigenvalue weighted by atomic mass is 10.0. The Morgan fingerprint density at radius 3 is 2.62 bits per heavy atom. The summed E-state index contributed by atoms with van der Waals surface area (Å²) in [5.41, 5.74) is 0.301. The highest BCUT2D eigenvalue weighted by Gasteiger charge is 2.38. The van der Waals surface area contributed by atoms with Crippen LogP contribution in [0.4, 0.5) is 4.79 Å². The van der Waals surface area contributed by atoms with Crippen molar-refractivity contribution in [3.8, 4) is 0 Å². The molecule has 8 heteroatoms. The number of carbonyl (C=O) groups excluding carboxylic acids is 3. The minimum absolute atomic E-state index is 0.0944. The zero-order valence-electron chi connectivity index (χ0n) is 11.6. The first-order chi connectivity index (χ1) is 10.1. The van der Waals surface area contributed by atoms with Gasteiger partial charge in [0.15, 0.2) is 5.69 Å². The Morgan fingerprint density at radius 1 is 1.38 bits per heavy atom. The van der Waals surface area contributed by atoms with Crippen molar-refractivity contribution >= 4 is 28.8 Å². The first kappa shape index (κ1) is 14.1. The van der Waals surface area contributed by atoms with E-state index in [4.69, 9.17) is 4.52 Å². The Bertz CT molecular complexity index is 576. The lowest BCUT2D eigenvalue weighted by Crippen LogP contribution is -2.48. The summed E-state index contributed by atoms with van der Waals surface area (Å²) in [5, 5.41) is 3.55. The number of hydrogen-bond donors (Lipinski definition) is 0. The van der Waals surface area contributed by atoms with Gasteiger partial charge in [0, 0.05) is 25.2 Å². The zero-order chi connectivity index (χ0) is 15.0. The molecular weight excluding hydrogens is 294 g/mol. The van der Waals surface area contributed by atoms with Gasteiger partial charge in [-0.2, -0.15) is 0 Å². The quantitative estimate of drug-likeness (QED) is 0.818. The topological polar surface area (TPSA) is 83.7 Å². The lowest BCUT2D eigenvalue weighted by molar-refractivity contribution is -0.126. The number of aromatic nitrogens is 1. The van der Waals surface area contributed by atoms with Gasteiger partial charge in [-0.25, -0.2) is 0 Å². The first-order valence-corrected chi connectivity index (χ1v) is 7.76. The molecule has 2 saturated heterocycles. The van der Waals surface area contributed by atoms with Crippen LogP contribution >= 0.6 is 11.8 Å². The van der Waals surface area contributed by atoms with E-state index in [-0.39, 0.29) is 28.8 Å². The van der Waals surface area contributed by atoms with Crippen LogP contribution in [0.1, 0.15) is 29.1 Å². The fourth-order valence-electron chi connectivity index (χ4n) is 2.67. The van der Waals surface area contributed by atoms with Crippen molar-refractivity contribution in [2.75, 3.05) is 18.8 Å². The van der Waals surface area contributed by atoms with Crippen LogP contribution in [0.15, 0.2) is 10.6 Å². The summed E-state index contributed by atoms with van der Waals surface area (Å²) in [5.74, 6) is 0.537. The predicted octanol–water partition coefficient (Wildman–Crippen LogP) is 1.28. The number of carbonyl (C=O) groups is 3. The molecular formula is C13H15N3O4S. The molecule has 1 aromatic rings. The van der Waals surface area contributed by atoms with Crippen LogP contribution in [0.3, 0.4) is 0 Å². The molecule has 3 heterocycles. The molecule has 2 aliphatic heterocycles. The maximum absolute atomic E-state index is 12.2. The van der Waals surface area contributed by atoms with E-state index in [1.165, 1.54) is 4.90 Å². The van der Waals surface area contributed by atoms with E-state index >= 15 is 0 Å². The molecule has 7 nitrogen and oxygen atoms in total. The summed E-state index contributed by atoms with van der Waals surface area (Å²) in [6.45, 7) is 2.76. The molecule has 0 bridgehead atoms. The second-order valence-electron chi connectivity index (χ2n) is 5.16. The maximum Gasteiger partial charge on any atom is 0.289 e. The van der Waals surface area contributed by atoms with Gasteiger partial charge in [-0.1, -0.05) is 16.9 Å². The molecule has 0 aromatic carbocycles. The average molecular weight is 309 g/mol. The summed E-state index contributed by atoms with van der Waals surface area (Å²) >= 11 is 1.05. The second-order valence-corrected chi connectivity index (χ2v) is 6.09. The highest BCUT2D eigenvalue weighted by molar-refractivity contribution is 8.14. The van der Waals surface area contributed by atoms with Crippen LogP contribution in [-0.4, -0.2) is 56.9 Å². The van der Waals surface area contributed by atoms with Crippen molar-refractivity contribution in [3.63, 3.8) is 0 Å². The van der Waals surface area contributed by atoms with Gasteiger partial charge in [0.05, 0.1) is 5.75 Å². The van der Waals surface area contributed by atoms with Crippen LogP contribution < -0.4 is 0 Å². The molecule has 3 rings (SSSR count). The van der Waals surface area contributed by atoms with Crippen molar-refractivity contribution in [1.82, 2.24) is 15.0 Å². The third-order valence-corrected chi connectivity index (χ3v) is 4.58. The van der Waals surface area contributed by atoms with E-state index in [1.807, 2.05) is 0 Å². The number of amides is 3. The van der Waals surface area contributed by atoms with E-state index in [2.05, 4.69) is 5.16 Å². The Balaban J connectivity index is 1.61. The second kappa shape index (κ2) is 5.51. The zero-order valence-corrected chi connectivity index (χ0v) is 12.4. The van der Waals surface area contributed by atoms with Crippen molar-refractivity contribution < 1.29 is 18.9 Å². The number of nitrogens with zero attached hydrogens (tertiary/aromatic N) is 3. The fraction of sp³-hybridized carbons (Fsp3) is 0.538. The average Bonchev–Trinajstić information content (AvgIpc) is 3.05. The van der Waals surface area contributed by atoms with Crippen molar-refractivity contribution in [2.24, 2.45) is 0 Å². The van der Waals surface area contributed by atoms with E-state index in [9.17, 15) is 14.4 Å². The van der Waals surface area contributed by atoms with Gasteiger partial charge in [-0.3, -0.25) is 19.3 Å². The Labute approximate surface area is 125 Å². The number of piperidine rings is 1. The molecule has 21 heavy (non-hydrogen) atoms. The van der Waals surface area contributed by atoms with Gasteiger partial charge >= 0.3 is 0 Å². The number of hydrogen-bond acceptors (Lipinski definition) is 6. The molecule has 1 aromatic heterocycles. The molecule has 0 unspecified atom stereocenters. The highest BCUT2D eigenvalue weighted by atomic mass is 32.2. The van der Waals surface area contributed by atoms with Crippen molar-refractivity contribution in [2.45, 2.75) is 25.8 Å². The third-order valence-electron chi connectivity index (χ3n) is 3.75. The number of rotatable bonds is 2. The summed E-state index contributed by atoms with van der Waals surface area (Å²) < 4.78 is 4.91. The largest absolute Gasteiger partial charge is 0.361 e. The Hall–Kier alpha value is -1.83. The number of thioether (sulfide) groups is 1. The van der Waals surface area contributed by atoms with Gasteiger partial charge in [-0.05, 0) is 19.8 Å². The molecule has 0 saturated carbocycles. The van der Waals surface area contributed by atoms with Crippen molar-refractivity contribution in [1.29, 1.82) is 0 Å². The van der Waals surface area contributed by atoms with E-state index in [0.29, 0.717) is 37.4 Å². The summed E-state index contributed by atoms with van der Waals surface area (Å²) in [7, 11) is 0. The molecule has 0 atom stereocenters. The first-order valence-electron chi connectivity index (χ1n) is 6.77. The molecule has 2 fully saturated rings. The molecule has 0 aliphatic carbocycles. The monoisotopic (exact) mass is 309 g/mol. The number of imide groups is 1. The van der Waals surface area contributed by atoms with Gasteiger partial charge in [0.2, 0.25) is 5.91 Å². The van der Waals surface area contributed by atoms with Crippen LogP contribution in [-0.2, 0) is 4.79 Å². The molecule has 112 valence electrons. The van der Waals surface area contributed by atoms with E-state index in [0.717, 1.165) is 11.8 Å². The van der Waals surface area contributed by atoms with Gasteiger partial charge in [-0.15, -0.1) is 0 Å². The van der Waals surface area contributed by atoms with Crippen LogP contribution in [0.25, 0.3) is 0 Å². The predicted molar refractivity (Wildman–Crippen MR) is 74.9 cm³/mol. The van der Waals surface area contributed by atoms with Gasteiger partial charge in [0.25, 0.3) is 11.1 Å².